The monoisotopic (exact) mass is 450 g/mol. The van der Waals surface area contributed by atoms with E-state index in [-0.39, 0.29) is 5.82 Å². The second-order valence-electron chi connectivity index (χ2n) is 10.5. The lowest BCUT2D eigenvalue weighted by atomic mass is 9.77. The molecule has 1 aliphatic rings. The molecule has 3 rings (SSSR count). The molecule has 0 spiro atoms. The van der Waals surface area contributed by atoms with Crippen LogP contribution in [0.15, 0.2) is 42.5 Å². The third-order valence-corrected chi connectivity index (χ3v) is 7.86. The SMILES string of the molecule is CCCCCCCc1ccc(-c2ccc(C3CCC(CCCCCCC)CC3)cc2)c(F)c1. The molecule has 1 heteroatoms. The van der Waals surface area contributed by atoms with Crippen LogP contribution in [-0.2, 0) is 6.42 Å². The lowest BCUT2D eigenvalue weighted by Crippen LogP contribution is -2.13. The zero-order valence-corrected chi connectivity index (χ0v) is 21.4. The van der Waals surface area contributed by atoms with Crippen LogP contribution in [0.4, 0.5) is 4.39 Å². The van der Waals surface area contributed by atoms with Gasteiger partial charge >= 0.3 is 0 Å². The number of aryl methyl sites for hydroxylation is 1. The molecule has 0 aliphatic heterocycles. The van der Waals surface area contributed by atoms with Gasteiger partial charge in [0, 0.05) is 5.56 Å². The van der Waals surface area contributed by atoms with Gasteiger partial charge in [-0.05, 0) is 73.1 Å². The Morgan fingerprint density at radius 3 is 1.97 bits per heavy atom. The summed E-state index contributed by atoms with van der Waals surface area (Å²) in [5.74, 6) is 1.56. The molecule has 0 bridgehead atoms. The minimum Gasteiger partial charge on any atom is -0.206 e. The van der Waals surface area contributed by atoms with Gasteiger partial charge in [-0.3, -0.25) is 0 Å². The lowest BCUT2D eigenvalue weighted by Gasteiger charge is -2.29. The van der Waals surface area contributed by atoms with E-state index in [1.807, 2.05) is 6.07 Å². The van der Waals surface area contributed by atoms with Crippen molar-refractivity contribution < 1.29 is 4.39 Å². The highest BCUT2D eigenvalue weighted by atomic mass is 19.1. The third kappa shape index (κ3) is 8.58. The summed E-state index contributed by atoms with van der Waals surface area (Å²) in [4.78, 5) is 0. The van der Waals surface area contributed by atoms with Crippen LogP contribution in [0.2, 0.25) is 0 Å². The average Bonchev–Trinajstić information content (AvgIpc) is 2.84. The largest absolute Gasteiger partial charge is 0.206 e. The Labute approximate surface area is 203 Å². The number of hydrogen-bond acceptors (Lipinski definition) is 0. The van der Waals surface area contributed by atoms with Gasteiger partial charge in [-0.1, -0.05) is 114 Å². The van der Waals surface area contributed by atoms with Gasteiger partial charge in [0.25, 0.3) is 0 Å². The van der Waals surface area contributed by atoms with Crippen molar-refractivity contribution in [1.29, 1.82) is 0 Å². The topological polar surface area (TPSA) is 0 Å². The number of halogens is 1. The summed E-state index contributed by atoms with van der Waals surface area (Å²) in [6, 6.07) is 14.6. The normalized spacial score (nSPS) is 18.5. The molecule has 2 aromatic carbocycles. The van der Waals surface area contributed by atoms with Crippen LogP contribution in [0.25, 0.3) is 11.1 Å². The molecule has 2 aromatic rings. The summed E-state index contributed by atoms with van der Waals surface area (Å²) >= 11 is 0. The van der Waals surface area contributed by atoms with Gasteiger partial charge in [-0.25, -0.2) is 4.39 Å². The maximum absolute atomic E-state index is 14.8. The van der Waals surface area contributed by atoms with E-state index in [0.29, 0.717) is 5.92 Å². The van der Waals surface area contributed by atoms with E-state index >= 15 is 0 Å². The van der Waals surface area contributed by atoms with Gasteiger partial charge in [0.15, 0.2) is 0 Å². The number of hydrogen-bond donors (Lipinski definition) is 0. The molecule has 0 unspecified atom stereocenters. The molecule has 0 N–H and O–H groups in total. The molecular weight excluding hydrogens is 403 g/mol. The summed E-state index contributed by atoms with van der Waals surface area (Å²) < 4.78 is 14.8. The maximum Gasteiger partial charge on any atom is 0.131 e. The van der Waals surface area contributed by atoms with Crippen molar-refractivity contribution in [1.82, 2.24) is 0 Å². The van der Waals surface area contributed by atoms with Crippen LogP contribution in [0.3, 0.4) is 0 Å². The van der Waals surface area contributed by atoms with Gasteiger partial charge in [0.2, 0.25) is 0 Å². The highest BCUT2D eigenvalue weighted by molar-refractivity contribution is 5.65. The highest BCUT2D eigenvalue weighted by Gasteiger charge is 2.22. The van der Waals surface area contributed by atoms with Crippen molar-refractivity contribution in [2.24, 2.45) is 5.92 Å². The quantitative estimate of drug-likeness (QED) is 0.251. The number of rotatable bonds is 14. The first kappa shape index (κ1) is 26.0. The molecule has 0 amide bonds. The Morgan fingerprint density at radius 1 is 0.697 bits per heavy atom. The average molecular weight is 451 g/mol. The van der Waals surface area contributed by atoms with Gasteiger partial charge in [0.1, 0.15) is 5.82 Å². The standard InChI is InChI=1S/C32H47F/c1-3-5-7-9-11-13-26-15-18-28(19-16-26)29-20-22-30(23-21-29)31-24-17-27(25-32(31)33)14-12-10-8-6-4-2/h17,20-26,28H,3-16,18-19H2,1-2H3. The van der Waals surface area contributed by atoms with Gasteiger partial charge in [-0.15, -0.1) is 0 Å². The van der Waals surface area contributed by atoms with Crippen molar-refractivity contribution in [2.75, 3.05) is 0 Å². The molecule has 0 radical (unpaired) electrons. The van der Waals surface area contributed by atoms with Crippen LogP contribution in [0.1, 0.15) is 127 Å². The lowest BCUT2D eigenvalue weighted by molar-refractivity contribution is 0.302. The number of benzene rings is 2. The Bertz CT molecular complexity index is 783. The number of unbranched alkanes of at least 4 members (excludes halogenated alkanes) is 8. The van der Waals surface area contributed by atoms with E-state index < -0.39 is 0 Å². The Hall–Kier alpha value is -1.63. The van der Waals surface area contributed by atoms with E-state index in [4.69, 9.17) is 0 Å². The first-order chi connectivity index (χ1) is 16.2. The highest BCUT2D eigenvalue weighted by Crippen LogP contribution is 2.38. The van der Waals surface area contributed by atoms with Crippen molar-refractivity contribution in [3.05, 3.63) is 59.4 Å². The van der Waals surface area contributed by atoms with Crippen LogP contribution < -0.4 is 0 Å². The molecule has 0 aromatic heterocycles. The first-order valence-corrected chi connectivity index (χ1v) is 14.1. The van der Waals surface area contributed by atoms with Crippen LogP contribution >= 0.6 is 0 Å². The summed E-state index contributed by atoms with van der Waals surface area (Å²) in [6.45, 7) is 4.53. The van der Waals surface area contributed by atoms with Crippen LogP contribution in [0, 0.1) is 11.7 Å². The molecule has 1 aliphatic carbocycles. The molecule has 0 saturated heterocycles. The Kier molecular flexibility index (Phi) is 11.5. The fourth-order valence-corrected chi connectivity index (χ4v) is 5.64. The zero-order valence-electron chi connectivity index (χ0n) is 21.4. The van der Waals surface area contributed by atoms with E-state index in [1.165, 1.54) is 95.5 Å². The molecule has 1 saturated carbocycles. The molecule has 0 atom stereocenters. The molecular formula is C32H47F. The smallest absolute Gasteiger partial charge is 0.131 e. The zero-order chi connectivity index (χ0) is 23.3. The summed E-state index contributed by atoms with van der Waals surface area (Å²) in [5, 5.41) is 0. The summed E-state index contributed by atoms with van der Waals surface area (Å²) in [6.07, 6.45) is 21.1. The predicted octanol–water partition coefficient (Wildman–Crippen LogP) is 10.6. The fourth-order valence-electron chi connectivity index (χ4n) is 5.64. The second kappa shape index (κ2) is 14.6. The van der Waals surface area contributed by atoms with E-state index in [0.717, 1.165) is 35.4 Å². The van der Waals surface area contributed by atoms with E-state index in [1.54, 1.807) is 6.07 Å². The van der Waals surface area contributed by atoms with Crippen molar-refractivity contribution in [3.63, 3.8) is 0 Å². The van der Waals surface area contributed by atoms with Crippen molar-refractivity contribution in [2.45, 2.75) is 122 Å². The Balaban J connectivity index is 1.46. The fraction of sp³-hybridized carbons (Fsp3) is 0.625. The van der Waals surface area contributed by atoms with Crippen molar-refractivity contribution >= 4 is 0 Å². The molecule has 0 heterocycles. The summed E-state index contributed by atoms with van der Waals surface area (Å²) in [7, 11) is 0. The molecule has 33 heavy (non-hydrogen) atoms. The minimum atomic E-state index is -0.0757. The van der Waals surface area contributed by atoms with Gasteiger partial charge < -0.3 is 0 Å². The summed E-state index contributed by atoms with van der Waals surface area (Å²) in [5.41, 5.74) is 4.32. The Morgan fingerprint density at radius 2 is 1.33 bits per heavy atom. The van der Waals surface area contributed by atoms with E-state index in [2.05, 4.69) is 44.2 Å². The van der Waals surface area contributed by atoms with Gasteiger partial charge in [0.05, 0.1) is 0 Å². The van der Waals surface area contributed by atoms with Crippen LogP contribution in [0.5, 0.6) is 0 Å². The maximum atomic E-state index is 14.8. The van der Waals surface area contributed by atoms with E-state index in [9.17, 15) is 4.39 Å². The van der Waals surface area contributed by atoms with Gasteiger partial charge in [-0.2, -0.15) is 0 Å². The first-order valence-electron chi connectivity index (χ1n) is 14.1. The van der Waals surface area contributed by atoms with Crippen LogP contribution in [-0.4, -0.2) is 0 Å². The molecule has 0 nitrogen and oxygen atoms in total. The molecule has 182 valence electrons. The third-order valence-electron chi connectivity index (χ3n) is 7.86. The predicted molar refractivity (Wildman–Crippen MR) is 142 cm³/mol. The second-order valence-corrected chi connectivity index (χ2v) is 10.5. The van der Waals surface area contributed by atoms with Crippen molar-refractivity contribution in [3.8, 4) is 11.1 Å². The minimum absolute atomic E-state index is 0.0757. The molecule has 1 fully saturated rings.